The van der Waals surface area contributed by atoms with E-state index in [0.29, 0.717) is 12.0 Å². The molecule has 5 rings (SSSR count). The Balaban J connectivity index is 0.00000218. The highest BCUT2D eigenvalue weighted by Gasteiger charge is 2.34. The molecule has 1 aromatic carbocycles. The molecule has 0 radical (unpaired) electrons. The SMILES string of the molecule is COc1cccc2c(C(=O)N3CCN4CCC[C@H]4C3)cn(CC3CCCCC3)c12.Cl. The number of fused-ring (bicyclic) bond motifs is 2. The molecule has 0 unspecified atom stereocenters. The normalized spacial score (nSPS) is 22.7. The van der Waals surface area contributed by atoms with Crippen molar-refractivity contribution >= 4 is 29.2 Å². The number of hydrogen-bond acceptors (Lipinski definition) is 3. The fourth-order valence-electron chi connectivity index (χ4n) is 5.80. The van der Waals surface area contributed by atoms with E-state index in [1.165, 1.54) is 51.5 Å². The number of para-hydroxylation sites is 1. The molecule has 2 aromatic rings. The third kappa shape index (κ3) is 3.94. The van der Waals surface area contributed by atoms with Gasteiger partial charge in [-0.1, -0.05) is 31.4 Å². The van der Waals surface area contributed by atoms with Crippen molar-refractivity contribution in [1.82, 2.24) is 14.4 Å². The van der Waals surface area contributed by atoms with Crippen molar-refractivity contribution in [2.24, 2.45) is 5.92 Å². The maximum Gasteiger partial charge on any atom is 0.256 e. The quantitative estimate of drug-likeness (QED) is 0.711. The lowest BCUT2D eigenvalue weighted by Gasteiger charge is -2.37. The van der Waals surface area contributed by atoms with Crippen LogP contribution in [0.2, 0.25) is 0 Å². The number of hydrogen-bond donors (Lipinski definition) is 0. The van der Waals surface area contributed by atoms with Crippen LogP contribution in [0.15, 0.2) is 24.4 Å². The van der Waals surface area contributed by atoms with Gasteiger partial charge in [0.1, 0.15) is 5.75 Å². The lowest BCUT2D eigenvalue weighted by molar-refractivity contribution is 0.0573. The fraction of sp³-hybridized carbons (Fsp3) is 0.625. The number of halogens is 1. The number of carbonyl (C=O) groups is 1. The third-order valence-corrected chi connectivity index (χ3v) is 7.37. The second-order valence-corrected chi connectivity index (χ2v) is 9.14. The molecule has 3 aliphatic rings. The molecule has 6 heteroatoms. The first kappa shape index (κ1) is 21.5. The molecule has 30 heavy (non-hydrogen) atoms. The van der Waals surface area contributed by atoms with Gasteiger partial charge in [0.25, 0.3) is 5.91 Å². The summed E-state index contributed by atoms with van der Waals surface area (Å²) >= 11 is 0. The van der Waals surface area contributed by atoms with E-state index < -0.39 is 0 Å². The molecule has 1 amide bonds. The Hall–Kier alpha value is -1.72. The number of carbonyl (C=O) groups excluding carboxylic acids is 1. The second kappa shape index (κ2) is 9.19. The molecule has 1 aliphatic carbocycles. The zero-order valence-electron chi connectivity index (χ0n) is 18.0. The zero-order chi connectivity index (χ0) is 19.8. The van der Waals surface area contributed by atoms with E-state index in [4.69, 9.17) is 4.74 Å². The Morgan fingerprint density at radius 3 is 2.70 bits per heavy atom. The summed E-state index contributed by atoms with van der Waals surface area (Å²) in [5, 5.41) is 1.04. The molecule has 2 aliphatic heterocycles. The van der Waals surface area contributed by atoms with Gasteiger partial charge in [0, 0.05) is 43.8 Å². The summed E-state index contributed by atoms with van der Waals surface area (Å²) in [4.78, 5) is 18.2. The predicted molar refractivity (Wildman–Crippen MR) is 123 cm³/mol. The Morgan fingerprint density at radius 1 is 1.07 bits per heavy atom. The number of ether oxygens (including phenoxy) is 1. The van der Waals surface area contributed by atoms with Crippen LogP contribution in [0.3, 0.4) is 0 Å². The first-order valence-corrected chi connectivity index (χ1v) is 11.4. The van der Waals surface area contributed by atoms with Crippen LogP contribution in [0.25, 0.3) is 10.9 Å². The predicted octanol–water partition coefficient (Wildman–Crippen LogP) is 4.57. The number of rotatable bonds is 4. The molecule has 3 heterocycles. The molecular weight excluding hydrogens is 398 g/mol. The summed E-state index contributed by atoms with van der Waals surface area (Å²) in [6.45, 7) is 4.91. The average Bonchev–Trinajstić information content (AvgIpc) is 3.38. The number of nitrogens with zero attached hydrogens (tertiary/aromatic N) is 3. The minimum Gasteiger partial charge on any atom is -0.495 e. The summed E-state index contributed by atoms with van der Waals surface area (Å²) < 4.78 is 8.01. The van der Waals surface area contributed by atoms with Gasteiger partial charge < -0.3 is 14.2 Å². The largest absolute Gasteiger partial charge is 0.495 e. The second-order valence-electron chi connectivity index (χ2n) is 9.14. The molecule has 3 fully saturated rings. The zero-order valence-corrected chi connectivity index (χ0v) is 18.8. The number of methoxy groups -OCH3 is 1. The Labute approximate surface area is 185 Å². The topological polar surface area (TPSA) is 37.7 Å². The molecule has 1 aromatic heterocycles. The van der Waals surface area contributed by atoms with Crippen molar-refractivity contribution in [2.45, 2.75) is 57.5 Å². The van der Waals surface area contributed by atoms with E-state index >= 15 is 0 Å². The minimum atomic E-state index is 0. The van der Waals surface area contributed by atoms with Gasteiger partial charge in [-0.3, -0.25) is 9.69 Å². The van der Waals surface area contributed by atoms with Gasteiger partial charge in [0.2, 0.25) is 0 Å². The van der Waals surface area contributed by atoms with Crippen LogP contribution in [-0.4, -0.2) is 59.6 Å². The molecule has 1 saturated carbocycles. The maximum absolute atomic E-state index is 13.6. The summed E-state index contributed by atoms with van der Waals surface area (Å²) in [5.74, 6) is 1.77. The minimum absolute atomic E-state index is 0. The van der Waals surface area contributed by atoms with Crippen LogP contribution in [0, 0.1) is 5.92 Å². The van der Waals surface area contributed by atoms with Crippen molar-refractivity contribution in [3.05, 3.63) is 30.0 Å². The standard InChI is InChI=1S/C24H33N3O2.ClH/c1-29-22-11-5-10-20-21(17-27(23(20)22)15-18-7-3-2-4-8-18)24(28)26-14-13-25-12-6-9-19(25)16-26;/h5,10-11,17-19H,2-4,6-9,12-16H2,1H3;1H/t19-;/m0./s1. The average molecular weight is 432 g/mol. The van der Waals surface area contributed by atoms with Crippen LogP contribution >= 0.6 is 12.4 Å². The smallest absolute Gasteiger partial charge is 0.256 e. The Morgan fingerprint density at radius 2 is 1.90 bits per heavy atom. The number of benzene rings is 1. The summed E-state index contributed by atoms with van der Waals surface area (Å²) in [5.41, 5.74) is 1.93. The van der Waals surface area contributed by atoms with E-state index in [2.05, 4.69) is 26.6 Å². The van der Waals surface area contributed by atoms with E-state index in [-0.39, 0.29) is 18.3 Å². The first-order chi connectivity index (χ1) is 14.2. The monoisotopic (exact) mass is 431 g/mol. The summed E-state index contributed by atoms with van der Waals surface area (Å²) in [6, 6.07) is 6.68. The Bertz CT molecular complexity index is 890. The lowest BCUT2D eigenvalue weighted by Crippen LogP contribution is -2.52. The van der Waals surface area contributed by atoms with Crippen molar-refractivity contribution in [3.63, 3.8) is 0 Å². The van der Waals surface area contributed by atoms with Crippen LogP contribution in [-0.2, 0) is 6.54 Å². The van der Waals surface area contributed by atoms with Gasteiger partial charge in [-0.15, -0.1) is 12.4 Å². The van der Waals surface area contributed by atoms with Crippen LogP contribution < -0.4 is 4.74 Å². The molecular formula is C24H34ClN3O2. The van der Waals surface area contributed by atoms with E-state index in [0.717, 1.165) is 48.4 Å². The van der Waals surface area contributed by atoms with E-state index in [1.807, 2.05) is 12.1 Å². The molecule has 1 atom stereocenters. The molecule has 0 N–H and O–H groups in total. The van der Waals surface area contributed by atoms with Gasteiger partial charge >= 0.3 is 0 Å². The van der Waals surface area contributed by atoms with Crippen LogP contribution in [0.5, 0.6) is 5.75 Å². The first-order valence-electron chi connectivity index (χ1n) is 11.4. The third-order valence-electron chi connectivity index (χ3n) is 7.37. The molecule has 164 valence electrons. The van der Waals surface area contributed by atoms with Gasteiger partial charge in [-0.25, -0.2) is 0 Å². The van der Waals surface area contributed by atoms with Gasteiger partial charge in [-0.05, 0) is 44.2 Å². The number of amides is 1. The van der Waals surface area contributed by atoms with Gasteiger partial charge in [0.15, 0.2) is 0 Å². The fourth-order valence-corrected chi connectivity index (χ4v) is 5.80. The van der Waals surface area contributed by atoms with Gasteiger partial charge in [-0.2, -0.15) is 0 Å². The highest BCUT2D eigenvalue weighted by molar-refractivity contribution is 6.08. The molecule has 0 bridgehead atoms. The molecule has 0 spiro atoms. The van der Waals surface area contributed by atoms with Crippen molar-refractivity contribution in [3.8, 4) is 5.75 Å². The van der Waals surface area contributed by atoms with E-state index in [9.17, 15) is 4.79 Å². The highest BCUT2D eigenvalue weighted by atomic mass is 35.5. The Kier molecular flexibility index (Phi) is 6.59. The van der Waals surface area contributed by atoms with Crippen molar-refractivity contribution in [2.75, 3.05) is 33.3 Å². The number of piperazine rings is 1. The summed E-state index contributed by atoms with van der Waals surface area (Å²) in [6.07, 6.45) is 11.2. The van der Waals surface area contributed by atoms with Gasteiger partial charge in [0.05, 0.1) is 18.2 Å². The molecule has 5 nitrogen and oxygen atoms in total. The highest BCUT2D eigenvalue weighted by Crippen LogP contribution is 2.34. The van der Waals surface area contributed by atoms with Crippen LogP contribution in [0.1, 0.15) is 55.3 Å². The van der Waals surface area contributed by atoms with Crippen LogP contribution in [0.4, 0.5) is 0 Å². The number of aromatic nitrogens is 1. The maximum atomic E-state index is 13.6. The van der Waals surface area contributed by atoms with E-state index in [1.54, 1.807) is 7.11 Å². The summed E-state index contributed by atoms with van der Waals surface area (Å²) in [7, 11) is 1.73. The van der Waals surface area contributed by atoms with Crippen molar-refractivity contribution < 1.29 is 9.53 Å². The lowest BCUT2D eigenvalue weighted by atomic mass is 9.89. The van der Waals surface area contributed by atoms with Crippen molar-refractivity contribution in [1.29, 1.82) is 0 Å². The molecule has 2 saturated heterocycles.